The van der Waals surface area contributed by atoms with Gasteiger partial charge in [0.05, 0.1) is 11.9 Å². The summed E-state index contributed by atoms with van der Waals surface area (Å²) in [6, 6.07) is 5.43. The molecule has 0 unspecified atom stereocenters. The van der Waals surface area contributed by atoms with Gasteiger partial charge in [0.15, 0.2) is 0 Å². The molecule has 0 aromatic heterocycles. The molecule has 1 aromatic carbocycles. The Hall–Kier alpha value is -1.56. The second-order valence-corrected chi connectivity index (χ2v) is 9.03. The van der Waals surface area contributed by atoms with Crippen LogP contribution in [0.4, 0.5) is 5.69 Å². The Balaban J connectivity index is 2.12. The Kier molecular flexibility index (Phi) is 5.91. The van der Waals surface area contributed by atoms with Crippen LogP contribution in [-0.2, 0) is 16.4 Å². The highest BCUT2D eigenvalue weighted by molar-refractivity contribution is 7.92. The summed E-state index contributed by atoms with van der Waals surface area (Å²) >= 11 is 0. The quantitative estimate of drug-likeness (QED) is 0.856. The minimum absolute atomic E-state index is 0.0921. The van der Waals surface area contributed by atoms with Crippen LogP contribution in [0.15, 0.2) is 18.2 Å². The van der Waals surface area contributed by atoms with Crippen molar-refractivity contribution in [1.82, 2.24) is 5.32 Å². The molecule has 1 atom stereocenters. The first-order valence-electron chi connectivity index (χ1n) is 8.60. The van der Waals surface area contributed by atoms with E-state index >= 15 is 0 Å². The van der Waals surface area contributed by atoms with Crippen molar-refractivity contribution in [2.75, 3.05) is 17.1 Å². The van der Waals surface area contributed by atoms with Crippen LogP contribution in [0.1, 0.15) is 56.0 Å². The summed E-state index contributed by atoms with van der Waals surface area (Å²) in [5.41, 5.74) is 2.22. The van der Waals surface area contributed by atoms with Crippen molar-refractivity contribution in [3.8, 4) is 0 Å². The van der Waals surface area contributed by atoms with Crippen LogP contribution in [0.2, 0.25) is 0 Å². The van der Waals surface area contributed by atoms with Crippen molar-refractivity contribution in [2.45, 2.75) is 52.5 Å². The lowest BCUT2D eigenvalue weighted by Crippen LogP contribution is -2.35. The van der Waals surface area contributed by atoms with Crippen molar-refractivity contribution in [3.05, 3.63) is 29.3 Å². The zero-order chi connectivity index (χ0) is 17.9. The molecule has 0 radical (unpaired) electrons. The van der Waals surface area contributed by atoms with E-state index in [-0.39, 0.29) is 11.9 Å². The van der Waals surface area contributed by atoms with Gasteiger partial charge in [-0.25, -0.2) is 8.42 Å². The summed E-state index contributed by atoms with van der Waals surface area (Å²) in [7, 11) is -3.27. The van der Waals surface area contributed by atoms with Gasteiger partial charge in [-0.3, -0.25) is 9.10 Å². The number of hydrogen-bond donors (Lipinski definition) is 1. The van der Waals surface area contributed by atoms with Crippen LogP contribution in [0.25, 0.3) is 0 Å². The first kappa shape index (κ1) is 18.8. The van der Waals surface area contributed by atoms with Gasteiger partial charge in [-0.1, -0.05) is 13.8 Å². The van der Waals surface area contributed by atoms with E-state index in [9.17, 15) is 13.2 Å². The highest BCUT2D eigenvalue weighted by Gasteiger charge is 2.24. The van der Waals surface area contributed by atoms with E-state index in [0.717, 1.165) is 31.2 Å². The second kappa shape index (κ2) is 7.55. The molecule has 1 aromatic rings. The molecule has 1 N–H and O–H groups in total. The van der Waals surface area contributed by atoms with Crippen LogP contribution in [0.3, 0.4) is 0 Å². The summed E-state index contributed by atoms with van der Waals surface area (Å²) in [6.45, 7) is 6.87. The normalized spacial score (nSPS) is 16.0. The third-order valence-electron chi connectivity index (χ3n) is 4.37. The molecule has 1 aliphatic rings. The lowest BCUT2D eigenvalue weighted by molar-refractivity contribution is 0.0937. The number of sulfonamides is 1. The van der Waals surface area contributed by atoms with Gasteiger partial charge in [0.1, 0.15) is 0 Å². The zero-order valence-corrected chi connectivity index (χ0v) is 15.8. The van der Waals surface area contributed by atoms with E-state index in [4.69, 9.17) is 0 Å². The average molecular weight is 353 g/mol. The molecular formula is C18H28N2O3S. The SMILES string of the molecule is CC(C)CC[C@H](C)NC(=O)c1ccc2c(c1)CCCN2S(C)(=O)=O. The lowest BCUT2D eigenvalue weighted by atomic mass is 10.00. The number of carbonyl (C=O) groups is 1. The summed E-state index contributed by atoms with van der Waals surface area (Å²) in [4.78, 5) is 12.4. The van der Waals surface area contributed by atoms with Crippen LogP contribution in [-0.4, -0.2) is 33.2 Å². The van der Waals surface area contributed by atoms with Crippen LogP contribution in [0.5, 0.6) is 0 Å². The molecule has 1 aliphatic heterocycles. The number of amides is 1. The molecule has 0 spiro atoms. The molecule has 134 valence electrons. The number of carbonyl (C=O) groups excluding carboxylic acids is 1. The van der Waals surface area contributed by atoms with E-state index < -0.39 is 10.0 Å². The van der Waals surface area contributed by atoms with Crippen molar-refractivity contribution in [3.63, 3.8) is 0 Å². The van der Waals surface area contributed by atoms with Crippen molar-refractivity contribution < 1.29 is 13.2 Å². The van der Waals surface area contributed by atoms with Crippen LogP contribution >= 0.6 is 0 Å². The minimum atomic E-state index is -3.27. The molecule has 5 nitrogen and oxygen atoms in total. The molecular weight excluding hydrogens is 324 g/mol. The molecule has 24 heavy (non-hydrogen) atoms. The second-order valence-electron chi connectivity index (χ2n) is 7.13. The Morgan fingerprint density at radius 1 is 1.25 bits per heavy atom. The Labute approximate surface area is 145 Å². The molecule has 0 bridgehead atoms. The van der Waals surface area contributed by atoms with E-state index in [2.05, 4.69) is 19.2 Å². The van der Waals surface area contributed by atoms with Crippen LogP contribution in [0, 0.1) is 5.92 Å². The number of nitrogens with one attached hydrogen (secondary N) is 1. The first-order valence-corrected chi connectivity index (χ1v) is 10.4. The van der Waals surface area contributed by atoms with Crippen molar-refractivity contribution >= 4 is 21.6 Å². The lowest BCUT2D eigenvalue weighted by Gasteiger charge is -2.29. The molecule has 1 amide bonds. The van der Waals surface area contributed by atoms with Gasteiger partial charge in [0.25, 0.3) is 5.91 Å². The fourth-order valence-electron chi connectivity index (χ4n) is 3.01. The van der Waals surface area contributed by atoms with E-state index in [1.165, 1.54) is 10.6 Å². The maximum Gasteiger partial charge on any atom is 0.251 e. The van der Waals surface area contributed by atoms with E-state index in [1.54, 1.807) is 12.1 Å². The fraction of sp³-hybridized carbons (Fsp3) is 0.611. The maximum absolute atomic E-state index is 12.4. The summed E-state index contributed by atoms with van der Waals surface area (Å²) in [6.07, 6.45) is 4.82. The number of fused-ring (bicyclic) bond motifs is 1. The Morgan fingerprint density at radius 2 is 1.96 bits per heavy atom. The number of benzene rings is 1. The number of hydrogen-bond acceptors (Lipinski definition) is 3. The molecule has 1 heterocycles. The number of nitrogens with zero attached hydrogens (tertiary/aromatic N) is 1. The fourth-order valence-corrected chi connectivity index (χ4v) is 4.01. The third-order valence-corrected chi connectivity index (χ3v) is 5.55. The van der Waals surface area contributed by atoms with Gasteiger partial charge < -0.3 is 5.32 Å². The molecule has 0 saturated heterocycles. The highest BCUT2D eigenvalue weighted by Crippen LogP contribution is 2.29. The van der Waals surface area contributed by atoms with E-state index in [0.29, 0.717) is 23.7 Å². The smallest absolute Gasteiger partial charge is 0.251 e. The van der Waals surface area contributed by atoms with Gasteiger partial charge in [0.2, 0.25) is 10.0 Å². The van der Waals surface area contributed by atoms with Gasteiger partial charge in [0, 0.05) is 18.2 Å². The Morgan fingerprint density at radius 3 is 2.58 bits per heavy atom. The predicted molar refractivity (Wildman–Crippen MR) is 98.0 cm³/mol. The summed E-state index contributed by atoms with van der Waals surface area (Å²) in [5.74, 6) is 0.528. The Bertz CT molecular complexity index is 698. The molecule has 0 saturated carbocycles. The topological polar surface area (TPSA) is 66.5 Å². The van der Waals surface area contributed by atoms with Crippen LogP contribution < -0.4 is 9.62 Å². The molecule has 0 aliphatic carbocycles. The van der Waals surface area contributed by atoms with Gasteiger partial charge >= 0.3 is 0 Å². The first-order chi connectivity index (χ1) is 11.2. The largest absolute Gasteiger partial charge is 0.350 e. The maximum atomic E-state index is 12.4. The molecule has 2 rings (SSSR count). The van der Waals surface area contributed by atoms with Gasteiger partial charge in [-0.15, -0.1) is 0 Å². The molecule has 6 heteroatoms. The monoisotopic (exact) mass is 352 g/mol. The number of anilines is 1. The minimum Gasteiger partial charge on any atom is -0.350 e. The number of aryl methyl sites for hydroxylation is 1. The highest BCUT2D eigenvalue weighted by atomic mass is 32.2. The van der Waals surface area contributed by atoms with Gasteiger partial charge in [-0.05, 0) is 62.3 Å². The summed E-state index contributed by atoms with van der Waals surface area (Å²) < 4.78 is 25.2. The van der Waals surface area contributed by atoms with Gasteiger partial charge in [-0.2, -0.15) is 0 Å². The van der Waals surface area contributed by atoms with E-state index in [1.807, 2.05) is 13.0 Å². The predicted octanol–water partition coefficient (Wildman–Crippen LogP) is 2.95. The molecule has 0 fully saturated rings. The summed E-state index contributed by atoms with van der Waals surface area (Å²) in [5, 5.41) is 3.03. The number of rotatable bonds is 6. The standard InChI is InChI=1S/C18H28N2O3S/c1-13(2)7-8-14(3)19-18(21)16-9-10-17-15(12-16)6-5-11-20(17)24(4,22)23/h9-10,12-14H,5-8,11H2,1-4H3,(H,19,21)/t14-/m0/s1. The average Bonchev–Trinajstić information content (AvgIpc) is 2.50. The van der Waals surface area contributed by atoms with Crippen molar-refractivity contribution in [2.24, 2.45) is 5.92 Å². The third kappa shape index (κ3) is 4.72. The van der Waals surface area contributed by atoms with Crippen molar-refractivity contribution in [1.29, 1.82) is 0 Å². The zero-order valence-electron chi connectivity index (χ0n) is 15.0.